The Bertz CT molecular complexity index is 1210. The van der Waals surface area contributed by atoms with Gasteiger partial charge >= 0.3 is 12.5 Å². The minimum Gasteiger partial charge on any atom is -0.406 e. The molecular weight excluding hydrogens is 480 g/mol. The molecule has 1 aliphatic rings. The fourth-order valence-electron chi connectivity index (χ4n) is 3.87. The Labute approximate surface area is 195 Å². The molecule has 1 aromatic heterocycles. The third kappa shape index (κ3) is 5.52. The number of piperazine rings is 1. The molecule has 0 spiro atoms. The number of halogens is 6. The summed E-state index contributed by atoms with van der Waals surface area (Å²) < 4.78 is 86.0. The molecule has 2 aromatic carbocycles. The van der Waals surface area contributed by atoms with E-state index in [9.17, 15) is 31.1 Å². The number of amides is 1. The molecule has 1 fully saturated rings. The second kappa shape index (κ2) is 9.16. The number of aromatic nitrogens is 1. The number of hydrogen-bond acceptors (Lipinski definition) is 5. The fourth-order valence-corrected chi connectivity index (χ4v) is 3.87. The first-order valence-electron chi connectivity index (χ1n) is 10.5. The first-order chi connectivity index (χ1) is 16.4. The zero-order valence-electron chi connectivity index (χ0n) is 18.3. The van der Waals surface area contributed by atoms with E-state index in [1.165, 1.54) is 30.0 Å². The van der Waals surface area contributed by atoms with Crippen LogP contribution < -0.4 is 9.64 Å². The van der Waals surface area contributed by atoms with Gasteiger partial charge in [0.1, 0.15) is 22.8 Å². The summed E-state index contributed by atoms with van der Waals surface area (Å²) in [5, 5.41) is 3.86. The maximum atomic E-state index is 13.3. The smallest absolute Gasteiger partial charge is 0.406 e. The number of carbonyl (C=O) groups is 1. The molecule has 0 atom stereocenters. The lowest BCUT2D eigenvalue weighted by molar-refractivity contribution is -0.274. The Morgan fingerprint density at radius 1 is 0.971 bits per heavy atom. The molecule has 0 aliphatic carbocycles. The molecule has 4 rings (SSSR count). The molecule has 186 valence electrons. The molecule has 0 radical (unpaired) electrons. The van der Waals surface area contributed by atoms with Gasteiger partial charge in [0.25, 0.3) is 5.91 Å². The monoisotopic (exact) mass is 499 g/mol. The number of nitrogens with zero attached hydrogens (tertiary/aromatic N) is 3. The number of alkyl halides is 6. The van der Waals surface area contributed by atoms with Crippen molar-refractivity contribution in [1.82, 2.24) is 10.1 Å². The van der Waals surface area contributed by atoms with Crippen LogP contribution in [0.4, 0.5) is 32.0 Å². The maximum Gasteiger partial charge on any atom is 0.573 e. The van der Waals surface area contributed by atoms with Gasteiger partial charge in [-0.15, -0.1) is 13.2 Å². The number of benzene rings is 2. The highest BCUT2D eigenvalue weighted by atomic mass is 19.4. The van der Waals surface area contributed by atoms with Gasteiger partial charge in [-0.25, -0.2) is 0 Å². The summed E-state index contributed by atoms with van der Waals surface area (Å²) in [7, 11) is 0. The summed E-state index contributed by atoms with van der Waals surface area (Å²) in [6.07, 6.45) is -9.34. The molecule has 0 saturated carbocycles. The predicted molar refractivity (Wildman–Crippen MR) is 113 cm³/mol. The largest absolute Gasteiger partial charge is 0.573 e. The van der Waals surface area contributed by atoms with E-state index in [2.05, 4.69) is 9.89 Å². The van der Waals surface area contributed by atoms with Gasteiger partial charge in [0.05, 0.1) is 5.56 Å². The number of carbonyl (C=O) groups excluding carboxylic acids is 1. The molecule has 6 nitrogen and oxygen atoms in total. The van der Waals surface area contributed by atoms with Crippen LogP contribution in [-0.2, 0) is 6.18 Å². The van der Waals surface area contributed by atoms with E-state index in [1.807, 2.05) is 0 Å². The standard InChI is InChI=1S/C23H19F6N3O3/c1-14-19(20(30-35-14)15-4-2-7-18(12-15)34-23(27,28)29)21(33)32-10-8-31(9-11-32)17-6-3-5-16(13-17)22(24,25)26/h2-7,12-13H,8-11H2,1H3. The zero-order valence-corrected chi connectivity index (χ0v) is 18.3. The number of anilines is 1. The van der Waals surface area contributed by atoms with Crippen molar-refractivity contribution in [3.8, 4) is 17.0 Å². The summed E-state index contributed by atoms with van der Waals surface area (Å²) in [6, 6.07) is 10.0. The maximum absolute atomic E-state index is 13.3. The Kier molecular flexibility index (Phi) is 6.39. The van der Waals surface area contributed by atoms with Crippen molar-refractivity contribution in [2.24, 2.45) is 0 Å². The van der Waals surface area contributed by atoms with Gasteiger partial charge in [0.2, 0.25) is 0 Å². The third-order valence-corrected chi connectivity index (χ3v) is 5.52. The van der Waals surface area contributed by atoms with Gasteiger partial charge in [-0.05, 0) is 37.3 Å². The molecule has 35 heavy (non-hydrogen) atoms. The highest BCUT2D eigenvalue weighted by Crippen LogP contribution is 2.33. The molecule has 1 saturated heterocycles. The second-order valence-corrected chi connectivity index (χ2v) is 7.87. The van der Waals surface area contributed by atoms with Crippen LogP contribution in [0.25, 0.3) is 11.3 Å². The molecule has 0 N–H and O–H groups in total. The van der Waals surface area contributed by atoms with Crippen LogP contribution in [0.2, 0.25) is 0 Å². The van der Waals surface area contributed by atoms with E-state index in [-0.39, 0.29) is 35.7 Å². The minimum atomic E-state index is -4.88. The first kappa shape index (κ1) is 24.4. The lowest BCUT2D eigenvalue weighted by Gasteiger charge is -2.36. The number of ether oxygens (including phenoxy) is 1. The molecule has 0 unspecified atom stereocenters. The molecule has 12 heteroatoms. The average Bonchev–Trinajstić information content (AvgIpc) is 3.18. The Hall–Kier alpha value is -3.70. The van der Waals surface area contributed by atoms with Gasteiger partial charge in [-0.3, -0.25) is 4.79 Å². The summed E-state index contributed by atoms with van der Waals surface area (Å²) in [6.45, 7) is 2.54. The van der Waals surface area contributed by atoms with Crippen LogP contribution in [0.15, 0.2) is 53.1 Å². The van der Waals surface area contributed by atoms with E-state index < -0.39 is 29.8 Å². The van der Waals surface area contributed by atoms with Crippen molar-refractivity contribution in [2.45, 2.75) is 19.5 Å². The van der Waals surface area contributed by atoms with Crippen LogP contribution >= 0.6 is 0 Å². The van der Waals surface area contributed by atoms with Crippen LogP contribution in [-0.4, -0.2) is 48.5 Å². The molecule has 1 aliphatic heterocycles. The number of aryl methyl sites for hydroxylation is 1. The summed E-state index contributed by atoms with van der Waals surface area (Å²) in [4.78, 5) is 16.5. The Morgan fingerprint density at radius 3 is 2.31 bits per heavy atom. The lowest BCUT2D eigenvalue weighted by Crippen LogP contribution is -2.49. The van der Waals surface area contributed by atoms with Crippen molar-refractivity contribution in [1.29, 1.82) is 0 Å². The van der Waals surface area contributed by atoms with Crippen LogP contribution in [0.5, 0.6) is 5.75 Å². The topological polar surface area (TPSA) is 58.8 Å². The fraction of sp³-hybridized carbons (Fsp3) is 0.304. The lowest BCUT2D eigenvalue weighted by atomic mass is 10.0. The summed E-state index contributed by atoms with van der Waals surface area (Å²) >= 11 is 0. The summed E-state index contributed by atoms with van der Waals surface area (Å²) in [5.74, 6) is -0.721. The van der Waals surface area contributed by atoms with Crippen LogP contribution in [0.1, 0.15) is 21.7 Å². The molecule has 3 aromatic rings. The van der Waals surface area contributed by atoms with Gasteiger partial charge in [0.15, 0.2) is 0 Å². The second-order valence-electron chi connectivity index (χ2n) is 7.87. The number of hydrogen-bond donors (Lipinski definition) is 0. The van der Waals surface area contributed by atoms with Crippen molar-refractivity contribution >= 4 is 11.6 Å². The normalized spacial score (nSPS) is 14.8. The molecule has 1 amide bonds. The van der Waals surface area contributed by atoms with E-state index in [0.717, 1.165) is 24.3 Å². The van der Waals surface area contributed by atoms with E-state index in [1.54, 1.807) is 11.0 Å². The molecule has 2 heterocycles. The van der Waals surface area contributed by atoms with Gasteiger partial charge in [-0.2, -0.15) is 13.2 Å². The van der Waals surface area contributed by atoms with E-state index in [0.29, 0.717) is 18.8 Å². The average molecular weight is 499 g/mol. The van der Waals surface area contributed by atoms with Gasteiger partial charge in [-0.1, -0.05) is 23.4 Å². The van der Waals surface area contributed by atoms with Gasteiger partial charge in [0, 0.05) is 37.4 Å². The molecular formula is C23H19F6N3O3. The summed E-state index contributed by atoms with van der Waals surface area (Å²) in [5.41, 5.74) is 0.0156. The van der Waals surface area contributed by atoms with Crippen molar-refractivity contribution < 1.29 is 40.4 Å². The van der Waals surface area contributed by atoms with Crippen LogP contribution in [0.3, 0.4) is 0 Å². The zero-order chi connectivity index (χ0) is 25.4. The van der Waals surface area contributed by atoms with E-state index >= 15 is 0 Å². The van der Waals surface area contributed by atoms with Crippen molar-refractivity contribution in [3.05, 3.63) is 65.4 Å². The van der Waals surface area contributed by atoms with Crippen molar-refractivity contribution in [3.63, 3.8) is 0 Å². The first-order valence-corrected chi connectivity index (χ1v) is 10.5. The number of rotatable bonds is 4. The molecule has 0 bridgehead atoms. The predicted octanol–water partition coefficient (Wildman–Crippen LogP) is 5.53. The quantitative estimate of drug-likeness (QED) is 0.442. The highest BCUT2D eigenvalue weighted by molar-refractivity contribution is 6.01. The highest BCUT2D eigenvalue weighted by Gasteiger charge is 2.33. The van der Waals surface area contributed by atoms with Crippen LogP contribution in [0, 0.1) is 6.92 Å². The Balaban J connectivity index is 1.51. The Morgan fingerprint density at radius 2 is 1.66 bits per heavy atom. The van der Waals surface area contributed by atoms with Gasteiger partial charge < -0.3 is 19.1 Å². The minimum absolute atomic E-state index is 0.0698. The van der Waals surface area contributed by atoms with Crippen molar-refractivity contribution in [2.75, 3.05) is 31.1 Å². The SMILES string of the molecule is Cc1onc(-c2cccc(OC(F)(F)F)c2)c1C(=O)N1CCN(c2cccc(C(F)(F)F)c2)CC1. The van der Waals surface area contributed by atoms with E-state index in [4.69, 9.17) is 4.52 Å². The third-order valence-electron chi connectivity index (χ3n) is 5.52.